The summed E-state index contributed by atoms with van der Waals surface area (Å²) in [6.07, 6.45) is 5.79. The average molecular weight is 340 g/mol. The number of rotatable bonds is 2. The van der Waals surface area contributed by atoms with Crippen LogP contribution in [0.3, 0.4) is 0 Å². The van der Waals surface area contributed by atoms with Crippen LogP contribution >= 0.6 is 11.8 Å². The van der Waals surface area contributed by atoms with Gasteiger partial charge in [0.25, 0.3) is 0 Å². The molecule has 2 aromatic rings. The van der Waals surface area contributed by atoms with Crippen LogP contribution in [0.1, 0.15) is 54.8 Å². The molecule has 0 unspecified atom stereocenters. The topological polar surface area (TPSA) is 52.3 Å². The molecule has 3 aliphatic rings. The van der Waals surface area contributed by atoms with Gasteiger partial charge in [-0.2, -0.15) is 9.78 Å². The molecule has 5 rings (SSSR count). The van der Waals surface area contributed by atoms with E-state index >= 15 is 0 Å². The highest BCUT2D eigenvalue weighted by Crippen LogP contribution is 2.35. The smallest absolute Gasteiger partial charge is 0.212 e. The standard InChI is InChI=1S/C18H20N4OS/c1-11-16(14-8-7-12-4-2-5-13(12)10-14)21-22-17(15-6-3-9-23-15)19-20-18(22)24-11/h7-8,10-11,15H,2-6,9H2,1H3/t11-,15+/m0/s1. The first-order valence-corrected chi connectivity index (χ1v) is 9.62. The van der Waals surface area contributed by atoms with E-state index in [0.29, 0.717) is 0 Å². The Bertz CT molecular complexity index is 822. The fraction of sp³-hybridized carbons (Fsp3) is 0.500. The van der Waals surface area contributed by atoms with Gasteiger partial charge < -0.3 is 4.74 Å². The third-order valence-electron chi connectivity index (χ3n) is 5.12. The SMILES string of the molecule is C[C@@H]1Sc2nnc([C@H]3CCCO3)n2N=C1c1ccc2c(c1)CCC2. The molecule has 0 bridgehead atoms. The molecule has 24 heavy (non-hydrogen) atoms. The summed E-state index contributed by atoms with van der Waals surface area (Å²) in [5.41, 5.74) is 5.33. The van der Waals surface area contributed by atoms with Crippen molar-refractivity contribution in [2.24, 2.45) is 5.10 Å². The predicted molar refractivity (Wildman–Crippen MR) is 93.7 cm³/mol. The summed E-state index contributed by atoms with van der Waals surface area (Å²) in [4.78, 5) is 0. The summed E-state index contributed by atoms with van der Waals surface area (Å²) in [7, 11) is 0. The molecule has 1 saturated heterocycles. The number of hydrogen-bond donors (Lipinski definition) is 0. The molecule has 1 aromatic carbocycles. The summed E-state index contributed by atoms with van der Waals surface area (Å²) in [6, 6.07) is 6.83. The summed E-state index contributed by atoms with van der Waals surface area (Å²) < 4.78 is 7.70. The van der Waals surface area contributed by atoms with Gasteiger partial charge in [-0.25, -0.2) is 0 Å². The molecule has 0 spiro atoms. The van der Waals surface area contributed by atoms with Crippen LogP contribution in [0.15, 0.2) is 28.5 Å². The maximum atomic E-state index is 5.79. The normalized spacial score (nSPS) is 25.5. The lowest BCUT2D eigenvalue weighted by molar-refractivity contribution is 0.102. The van der Waals surface area contributed by atoms with Gasteiger partial charge in [-0.15, -0.1) is 10.2 Å². The first-order chi connectivity index (χ1) is 11.8. The molecule has 1 aromatic heterocycles. The average Bonchev–Trinajstić information content (AvgIpc) is 3.33. The van der Waals surface area contributed by atoms with Crippen molar-refractivity contribution >= 4 is 17.5 Å². The third-order valence-corrected chi connectivity index (χ3v) is 6.17. The zero-order valence-electron chi connectivity index (χ0n) is 13.7. The van der Waals surface area contributed by atoms with Crippen molar-refractivity contribution in [3.63, 3.8) is 0 Å². The van der Waals surface area contributed by atoms with Crippen LogP contribution in [0.4, 0.5) is 0 Å². The van der Waals surface area contributed by atoms with Crippen molar-refractivity contribution < 1.29 is 4.74 Å². The van der Waals surface area contributed by atoms with Gasteiger partial charge in [0.2, 0.25) is 5.16 Å². The Morgan fingerprint density at radius 3 is 2.96 bits per heavy atom. The number of aromatic nitrogens is 3. The van der Waals surface area contributed by atoms with Gasteiger partial charge >= 0.3 is 0 Å². The minimum absolute atomic E-state index is 0.0327. The summed E-state index contributed by atoms with van der Waals surface area (Å²) in [5.74, 6) is 0.848. The van der Waals surface area contributed by atoms with Gasteiger partial charge in [-0.3, -0.25) is 0 Å². The Labute approximate surface area is 145 Å². The van der Waals surface area contributed by atoms with Crippen molar-refractivity contribution in [2.45, 2.75) is 55.5 Å². The largest absolute Gasteiger partial charge is 0.370 e. The van der Waals surface area contributed by atoms with E-state index in [0.717, 1.165) is 36.1 Å². The van der Waals surface area contributed by atoms with Crippen molar-refractivity contribution in [3.05, 3.63) is 40.7 Å². The van der Waals surface area contributed by atoms with E-state index in [2.05, 4.69) is 35.3 Å². The summed E-state index contributed by atoms with van der Waals surface area (Å²) in [5, 5.41) is 14.8. The molecule has 0 amide bonds. The highest BCUT2D eigenvalue weighted by Gasteiger charge is 2.30. The van der Waals surface area contributed by atoms with E-state index in [4.69, 9.17) is 9.84 Å². The maximum absolute atomic E-state index is 5.79. The molecule has 0 saturated carbocycles. The Morgan fingerprint density at radius 1 is 1.17 bits per heavy atom. The first-order valence-electron chi connectivity index (χ1n) is 8.74. The molecule has 1 aliphatic carbocycles. The zero-order valence-corrected chi connectivity index (χ0v) is 14.6. The lowest BCUT2D eigenvalue weighted by Crippen LogP contribution is -2.23. The summed E-state index contributed by atoms with van der Waals surface area (Å²) in [6.45, 7) is 3.00. The van der Waals surface area contributed by atoms with Gasteiger partial charge in [0.1, 0.15) is 6.10 Å². The number of hydrogen-bond acceptors (Lipinski definition) is 5. The van der Waals surface area contributed by atoms with Crippen LogP contribution in [0, 0.1) is 0 Å². The van der Waals surface area contributed by atoms with Gasteiger partial charge in [-0.1, -0.05) is 23.9 Å². The quantitative estimate of drug-likeness (QED) is 0.841. The van der Waals surface area contributed by atoms with Crippen molar-refractivity contribution in [1.82, 2.24) is 14.9 Å². The van der Waals surface area contributed by atoms with Crippen molar-refractivity contribution in [1.29, 1.82) is 0 Å². The minimum Gasteiger partial charge on any atom is -0.370 e. The minimum atomic E-state index is 0.0327. The lowest BCUT2D eigenvalue weighted by atomic mass is 10.0. The van der Waals surface area contributed by atoms with Crippen molar-refractivity contribution in [3.8, 4) is 0 Å². The molecule has 2 aliphatic heterocycles. The molecule has 5 nitrogen and oxygen atoms in total. The molecule has 1 fully saturated rings. The zero-order chi connectivity index (χ0) is 16.1. The van der Waals surface area contributed by atoms with Crippen molar-refractivity contribution in [2.75, 3.05) is 6.61 Å². The van der Waals surface area contributed by atoms with Crippen LogP contribution < -0.4 is 0 Å². The second-order valence-corrected chi connectivity index (χ2v) is 8.04. The van der Waals surface area contributed by atoms with E-state index in [1.54, 1.807) is 11.8 Å². The highest BCUT2D eigenvalue weighted by molar-refractivity contribution is 8.00. The molecule has 3 heterocycles. The molecule has 124 valence electrons. The van der Waals surface area contributed by atoms with E-state index in [1.807, 2.05) is 4.68 Å². The molecular formula is C18H20N4OS. The molecule has 0 N–H and O–H groups in total. The Hall–Kier alpha value is -1.66. The number of benzene rings is 1. The molecule has 0 radical (unpaired) electrons. The van der Waals surface area contributed by atoms with Gasteiger partial charge in [-0.05, 0) is 61.8 Å². The second kappa shape index (κ2) is 5.70. The maximum Gasteiger partial charge on any atom is 0.212 e. The molecule has 2 atom stereocenters. The van der Waals surface area contributed by atoms with E-state index in [9.17, 15) is 0 Å². The number of thioether (sulfide) groups is 1. The van der Waals surface area contributed by atoms with Gasteiger partial charge in [0.05, 0.1) is 11.0 Å². The Morgan fingerprint density at radius 2 is 2.08 bits per heavy atom. The van der Waals surface area contributed by atoms with Crippen LogP contribution in [-0.2, 0) is 17.6 Å². The van der Waals surface area contributed by atoms with E-state index in [-0.39, 0.29) is 11.4 Å². The van der Waals surface area contributed by atoms with Crippen LogP contribution in [-0.4, -0.2) is 32.4 Å². The second-order valence-electron chi connectivity index (χ2n) is 6.74. The van der Waals surface area contributed by atoms with E-state index < -0.39 is 0 Å². The van der Waals surface area contributed by atoms with Crippen LogP contribution in [0.25, 0.3) is 0 Å². The Kier molecular flexibility index (Phi) is 3.49. The third kappa shape index (κ3) is 2.31. The summed E-state index contributed by atoms with van der Waals surface area (Å²) >= 11 is 1.73. The van der Waals surface area contributed by atoms with Crippen LogP contribution in [0.2, 0.25) is 0 Å². The highest BCUT2D eigenvalue weighted by atomic mass is 32.2. The fourth-order valence-corrected chi connectivity index (χ4v) is 4.79. The first kappa shape index (κ1) is 14.7. The van der Waals surface area contributed by atoms with Gasteiger partial charge in [0, 0.05) is 6.61 Å². The Balaban J connectivity index is 1.57. The number of aryl methyl sites for hydroxylation is 2. The monoisotopic (exact) mass is 340 g/mol. The number of fused-ring (bicyclic) bond motifs is 2. The number of ether oxygens (including phenoxy) is 1. The van der Waals surface area contributed by atoms with E-state index in [1.165, 1.54) is 36.0 Å². The lowest BCUT2D eigenvalue weighted by Gasteiger charge is -2.21. The molecule has 6 heteroatoms. The number of nitrogens with zero attached hydrogens (tertiary/aromatic N) is 4. The van der Waals surface area contributed by atoms with Gasteiger partial charge in [0.15, 0.2) is 5.82 Å². The molecular weight excluding hydrogens is 320 g/mol. The predicted octanol–water partition coefficient (Wildman–Crippen LogP) is 3.36. The van der Waals surface area contributed by atoms with Crippen LogP contribution in [0.5, 0.6) is 0 Å². The fourth-order valence-electron chi connectivity index (χ4n) is 3.85.